The summed E-state index contributed by atoms with van der Waals surface area (Å²) in [5.74, 6) is -1.06. The van der Waals surface area contributed by atoms with E-state index in [4.69, 9.17) is 4.74 Å². The number of alkyl halides is 3. The Morgan fingerprint density at radius 3 is 2.57 bits per heavy atom. The van der Waals surface area contributed by atoms with Crippen LogP contribution in [0, 0.1) is 19.7 Å². The second kappa shape index (κ2) is 7.36. The molecular weight excluding hydrogens is 402 g/mol. The van der Waals surface area contributed by atoms with Crippen LogP contribution in [0.2, 0.25) is 0 Å². The van der Waals surface area contributed by atoms with Crippen LogP contribution in [0.15, 0.2) is 29.2 Å². The van der Waals surface area contributed by atoms with Gasteiger partial charge in [-0.2, -0.15) is 18.3 Å². The molecule has 1 saturated heterocycles. The minimum absolute atomic E-state index is 0.143. The summed E-state index contributed by atoms with van der Waals surface area (Å²) in [7, 11) is -5.70. The van der Waals surface area contributed by atoms with Crippen LogP contribution < -0.4 is 4.90 Å². The van der Waals surface area contributed by atoms with Gasteiger partial charge in [0, 0.05) is 18.8 Å². The molecule has 6 nitrogen and oxygen atoms in total. The van der Waals surface area contributed by atoms with Crippen molar-refractivity contribution in [3.8, 4) is 0 Å². The van der Waals surface area contributed by atoms with Crippen molar-refractivity contribution in [3.63, 3.8) is 0 Å². The highest BCUT2D eigenvalue weighted by Gasteiger charge is 2.48. The first-order chi connectivity index (χ1) is 13.0. The second-order valence-electron chi connectivity index (χ2n) is 6.61. The minimum Gasteiger partial charge on any atom is -0.373 e. The summed E-state index contributed by atoms with van der Waals surface area (Å²) in [5.41, 5.74) is -3.99. The fraction of sp³-hybridized carbons (Fsp3) is 0.471. The van der Waals surface area contributed by atoms with Gasteiger partial charge in [0.25, 0.3) is 9.84 Å². The maximum atomic E-state index is 13.6. The van der Waals surface area contributed by atoms with E-state index in [0.29, 0.717) is 12.6 Å². The highest BCUT2D eigenvalue weighted by molar-refractivity contribution is 7.92. The number of nitrogens with zero attached hydrogens (tertiary/aromatic N) is 3. The number of ether oxygens (including phenoxy) is 1. The van der Waals surface area contributed by atoms with Crippen LogP contribution >= 0.6 is 0 Å². The number of anilines is 1. The van der Waals surface area contributed by atoms with E-state index in [9.17, 15) is 26.0 Å². The van der Waals surface area contributed by atoms with E-state index in [-0.39, 0.29) is 25.4 Å². The first kappa shape index (κ1) is 20.6. The summed E-state index contributed by atoms with van der Waals surface area (Å²) >= 11 is 0. The lowest BCUT2D eigenvalue weighted by molar-refractivity contribution is -0.0436. The van der Waals surface area contributed by atoms with Crippen LogP contribution in [0.1, 0.15) is 11.4 Å². The topological polar surface area (TPSA) is 64.4 Å². The number of halogens is 4. The molecule has 1 unspecified atom stereocenters. The van der Waals surface area contributed by atoms with Crippen LogP contribution in [0.5, 0.6) is 0 Å². The van der Waals surface area contributed by atoms with Crippen molar-refractivity contribution < 1.29 is 30.7 Å². The molecule has 0 bridgehead atoms. The molecule has 2 aromatic rings. The molecule has 1 aliphatic heterocycles. The molecule has 3 rings (SSSR count). The summed E-state index contributed by atoms with van der Waals surface area (Å²) in [6.07, 6.45) is -0.418. The predicted octanol–water partition coefficient (Wildman–Crippen LogP) is 2.84. The lowest BCUT2D eigenvalue weighted by Crippen LogP contribution is -2.45. The van der Waals surface area contributed by atoms with E-state index >= 15 is 0 Å². The maximum Gasteiger partial charge on any atom is 0.501 e. The Bertz CT molecular complexity index is 973. The molecule has 2 heterocycles. The predicted molar refractivity (Wildman–Crippen MR) is 93.3 cm³/mol. The minimum atomic E-state index is -5.70. The summed E-state index contributed by atoms with van der Waals surface area (Å²) in [4.78, 5) is 0.379. The molecule has 1 atom stereocenters. The van der Waals surface area contributed by atoms with E-state index in [1.807, 2.05) is 19.9 Å². The zero-order valence-electron chi connectivity index (χ0n) is 15.2. The summed E-state index contributed by atoms with van der Waals surface area (Å²) < 4.78 is 83.9. The highest BCUT2D eigenvalue weighted by atomic mass is 32.2. The van der Waals surface area contributed by atoms with Crippen molar-refractivity contribution in [2.75, 3.05) is 24.6 Å². The number of benzene rings is 1. The Morgan fingerprint density at radius 2 is 1.96 bits per heavy atom. The standard InChI is InChI=1S/C17H19F4N3O3S/c1-11-7-12(2)24(22-11)10-14-9-23(5-6-27-14)15-4-3-13(18)8-16(15)28(25,26)17(19,20)21/h3-4,7-8,14H,5-6,9-10H2,1-2H3. The van der Waals surface area contributed by atoms with Gasteiger partial charge in [-0.3, -0.25) is 4.68 Å². The smallest absolute Gasteiger partial charge is 0.373 e. The largest absolute Gasteiger partial charge is 0.501 e. The summed E-state index contributed by atoms with van der Waals surface area (Å²) in [5, 5.41) is 4.33. The fourth-order valence-corrected chi connectivity index (χ4v) is 4.18. The van der Waals surface area contributed by atoms with Gasteiger partial charge in [-0.1, -0.05) is 0 Å². The molecule has 0 aliphatic carbocycles. The molecular formula is C17H19F4N3O3S. The van der Waals surface area contributed by atoms with Crippen molar-refractivity contribution in [2.24, 2.45) is 0 Å². The molecule has 11 heteroatoms. The number of hydrogen-bond acceptors (Lipinski definition) is 5. The van der Waals surface area contributed by atoms with Gasteiger partial charge in [0.15, 0.2) is 0 Å². The molecule has 0 radical (unpaired) electrons. The average molecular weight is 421 g/mol. The molecule has 1 aromatic heterocycles. The number of aromatic nitrogens is 2. The molecule has 1 aliphatic rings. The van der Waals surface area contributed by atoms with E-state index in [1.165, 1.54) is 4.90 Å². The van der Waals surface area contributed by atoms with Crippen LogP contribution in [0.4, 0.5) is 23.2 Å². The van der Waals surface area contributed by atoms with Crippen molar-refractivity contribution >= 4 is 15.5 Å². The monoisotopic (exact) mass is 421 g/mol. The zero-order chi connectivity index (χ0) is 20.7. The van der Waals surface area contributed by atoms with Crippen LogP contribution in [-0.2, 0) is 21.1 Å². The Morgan fingerprint density at radius 1 is 1.25 bits per heavy atom. The third-order valence-corrected chi connectivity index (χ3v) is 5.99. The van der Waals surface area contributed by atoms with Gasteiger partial charge in [-0.15, -0.1) is 0 Å². The first-order valence-corrected chi connectivity index (χ1v) is 9.96. The van der Waals surface area contributed by atoms with E-state index < -0.39 is 32.2 Å². The first-order valence-electron chi connectivity index (χ1n) is 8.47. The van der Waals surface area contributed by atoms with Crippen LogP contribution in [0.3, 0.4) is 0 Å². The maximum absolute atomic E-state index is 13.6. The molecule has 0 N–H and O–H groups in total. The molecule has 1 fully saturated rings. The van der Waals surface area contributed by atoms with Gasteiger partial charge in [0.05, 0.1) is 30.6 Å². The van der Waals surface area contributed by atoms with Crippen molar-refractivity contribution in [2.45, 2.75) is 36.9 Å². The summed E-state index contributed by atoms with van der Waals surface area (Å²) in [6.45, 7) is 4.58. The van der Waals surface area contributed by atoms with Gasteiger partial charge in [-0.05, 0) is 38.1 Å². The zero-order valence-corrected chi connectivity index (χ0v) is 16.0. The number of morpholine rings is 1. The van der Waals surface area contributed by atoms with Gasteiger partial charge in [0.2, 0.25) is 0 Å². The SMILES string of the molecule is Cc1cc(C)n(CC2CN(c3ccc(F)cc3S(=O)(=O)C(F)(F)F)CCO2)n1. The van der Waals surface area contributed by atoms with Gasteiger partial charge < -0.3 is 9.64 Å². The fourth-order valence-electron chi connectivity index (χ4n) is 3.19. The summed E-state index contributed by atoms with van der Waals surface area (Å²) in [6, 6.07) is 4.29. The molecule has 0 amide bonds. The van der Waals surface area contributed by atoms with Crippen LogP contribution in [-0.4, -0.2) is 49.5 Å². The number of hydrogen-bond donors (Lipinski definition) is 0. The van der Waals surface area contributed by atoms with Crippen molar-refractivity contribution in [1.82, 2.24) is 9.78 Å². The quantitative estimate of drug-likeness (QED) is 0.711. The van der Waals surface area contributed by atoms with E-state index in [1.54, 1.807) is 4.68 Å². The van der Waals surface area contributed by atoms with Crippen molar-refractivity contribution in [3.05, 3.63) is 41.5 Å². The third-order valence-electron chi connectivity index (χ3n) is 4.48. The number of rotatable bonds is 4. The molecule has 0 saturated carbocycles. The van der Waals surface area contributed by atoms with Crippen LogP contribution in [0.25, 0.3) is 0 Å². The average Bonchev–Trinajstić information content (AvgIpc) is 2.91. The molecule has 0 spiro atoms. The van der Waals surface area contributed by atoms with Crippen molar-refractivity contribution in [1.29, 1.82) is 0 Å². The number of aryl methyl sites for hydroxylation is 2. The van der Waals surface area contributed by atoms with E-state index in [2.05, 4.69) is 5.10 Å². The Balaban J connectivity index is 1.90. The lowest BCUT2D eigenvalue weighted by Gasteiger charge is -2.35. The van der Waals surface area contributed by atoms with E-state index in [0.717, 1.165) is 23.5 Å². The Hall–Kier alpha value is -2.14. The Labute approximate surface area is 159 Å². The van der Waals surface area contributed by atoms with Gasteiger partial charge >= 0.3 is 5.51 Å². The molecule has 154 valence electrons. The second-order valence-corrected chi connectivity index (χ2v) is 8.52. The van der Waals surface area contributed by atoms with Gasteiger partial charge in [0.1, 0.15) is 10.7 Å². The normalized spacial score (nSPS) is 18.5. The highest BCUT2D eigenvalue weighted by Crippen LogP contribution is 2.37. The molecule has 1 aromatic carbocycles. The third kappa shape index (κ3) is 4.00. The number of sulfone groups is 1. The Kier molecular flexibility index (Phi) is 5.41. The van der Waals surface area contributed by atoms with Gasteiger partial charge in [-0.25, -0.2) is 12.8 Å². The lowest BCUT2D eigenvalue weighted by atomic mass is 10.2. The molecule has 28 heavy (non-hydrogen) atoms.